The van der Waals surface area contributed by atoms with Gasteiger partial charge in [-0.15, -0.1) is 0 Å². The fraction of sp³-hybridized carbons (Fsp3) is 1.00. The highest BCUT2D eigenvalue weighted by atomic mass is 19.4. The van der Waals surface area contributed by atoms with Crippen LogP contribution in [0.5, 0.6) is 0 Å². The van der Waals surface area contributed by atoms with Crippen molar-refractivity contribution in [1.82, 2.24) is 5.32 Å². The minimum absolute atomic E-state index is 0.0163. The van der Waals surface area contributed by atoms with Crippen LogP contribution in [0.2, 0.25) is 0 Å². The molecule has 1 unspecified atom stereocenters. The van der Waals surface area contributed by atoms with Crippen molar-refractivity contribution >= 4 is 0 Å². The van der Waals surface area contributed by atoms with Gasteiger partial charge in [0, 0.05) is 20.3 Å². The van der Waals surface area contributed by atoms with Gasteiger partial charge in [0.25, 0.3) is 0 Å². The molecule has 0 fully saturated rings. The lowest BCUT2D eigenvalue weighted by molar-refractivity contribution is -0.133. The molecule has 0 heterocycles. The number of nitrogens with one attached hydrogen (secondary N) is 1. The molecule has 1 N–H and O–H groups in total. The van der Waals surface area contributed by atoms with Gasteiger partial charge < -0.3 is 10.1 Å². The summed E-state index contributed by atoms with van der Waals surface area (Å²) in [5, 5.41) is 2.73. The first-order valence-corrected chi connectivity index (χ1v) is 4.22. The Balaban J connectivity index is 3.25. The van der Waals surface area contributed by atoms with Gasteiger partial charge in [-0.2, -0.15) is 13.2 Å². The van der Waals surface area contributed by atoms with E-state index in [1.807, 2.05) is 6.92 Å². The van der Waals surface area contributed by atoms with E-state index in [1.165, 1.54) is 0 Å². The largest absolute Gasteiger partial charge is 0.390 e. The van der Waals surface area contributed by atoms with Crippen LogP contribution in [0.4, 0.5) is 13.2 Å². The van der Waals surface area contributed by atoms with Gasteiger partial charge in [-0.25, -0.2) is 0 Å². The van der Waals surface area contributed by atoms with E-state index in [9.17, 15) is 13.2 Å². The third kappa shape index (κ3) is 9.63. The first-order valence-electron chi connectivity index (χ1n) is 4.22. The van der Waals surface area contributed by atoms with Crippen LogP contribution in [0, 0.1) is 5.92 Å². The second-order valence-corrected chi connectivity index (χ2v) is 3.13. The summed E-state index contributed by atoms with van der Waals surface area (Å²) < 4.78 is 39.8. The zero-order valence-corrected chi connectivity index (χ0v) is 7.95. The molecule has 0 amide bonds. The summed E-state index contributed by atoms with van der Waals surface area (Å²) in [4.78, 5) is 0. The molecule has 0 bridgehead atoms. The molecule has 0 rings (SSSR count). The molecule has 0 aliphatic carbocycles. The zero-order valence-electron chi connectivity index (χ0n) is 7.95. The topological polar surface area (TPSA) is 21.3 Å². The van der Waals surface area contributed by atoms with Crippen molar-refractivity contribution in [3.05, 3.63) is 0 Å². The van der Waals surface area contributed by atoms with Crippen molar-refractivity contribution in [2.45, 2.75) is 19.5 Å². The number of methoxy groups -OCH3 is 1. The number of alkyl halides is 3. The average Bonchev–Trinajstić information content (AvgIpc) is 1.97. The highest BCUT2D eigenvalue weighted by molar-refractivity contribution is 4.58. The first kappa shape index (κ1) is 12.7. The minimum Gasteiger partial charge on any atom is -0.384 e. The lowest BCUT2D eigenvalue weighted by Crippen LogP contribution is -2.27. The van der Waals surface area contributed by atoms with Gasteiger partial charge in [-0.05, 0) is 12.5 Å². The monoisotopic (exact) mass is 199 g/mol. The molecule has 1 atom stereocenters. The molecule has 0 aliphatic rings. The molecule has 0 aromatic carbocycles. The van der Waals surface area contributed by atoms with E-state index < -0.39 is 12.6 Å². The fourth-order valence-electron chi connectivity index (χ4n) is 0.922. The summed E-state index contributed by atoms with van der Waals surface area (Å²) in [5.74, 6) is 0.248. The van der Waals surface area contributed by atoms with E-state index >= 15 is 0 Å². The van der Waals surface area contributed by atoms with Crippen molar-refractivity contribution in [2.75, 3.05) is 26.8 Å². The molecular weight excluding hydrogens is 183 g/mol. The standard InChI is InChI=1S/C8H16F3NO/c1-7(6-13-2)5-12-4-3-8(9,10)11/h7,12H,3-6H2,1-2H3. The van der Waals surface area contributed by atoms with Crippen LogP contribution in [0.15, 0.2) is 0 Å². The average molecular weight is 199 g/mol. The highest BCUT2D eigenvalue weighted by Crippen LogP contribution is 2.18. The molecule has 13 heavy (non-hydrogen) atoms. The molecule has 0 aromatic heterocycles. The third-order valence-electron chi connectivity index (χ3n) is 1.53. The number of hydrogen-bond acceptors (Lipinski definition) is 2. The third-order valence-corrected chi connectivity index (χ3v) is 1.53. The summed E-state index contributed by atoms with van der Waals surface area (Å²) in [5.41, 5.74) is 0. The molecule has 80 valence electrons. The molecule has 0 aliphatic heterocycles. The van der Waals surface area contributed by atoms with E-state index in [1.54, 1.807) is 7.11 Å². The second kappa shape index (κ2) is 6.21. The van der Waals surface area contributed by atoms with E-state index in [2.05, 4.69) is 5.32 Å². The van der Waals surface area contributed by atoms with Crippen LogP contribution in [0.3, 0.4) is 0 Å². The van der Waals surface area contributed by atoms with E-state index in [0.29, 0.717) is 13.2 Å². The van der Waals surface area contributed by atoms with Crippen LogP contribution in [0.25, 0.3) is 0 Å². The number of ether oxygens (including phenoxy) is 1. The van der Waals surface area contributed by atoms with E-state index in [0.717, 1.165) is 0 Å². The van der Waals surface area contributed by atoms with Crippen molar-refractivity contribution < 1.29 is 17.9 Å². The van der Waals surface area contributed by atoms with Crippen LogP contribution in [0.1, 0.15) is 13.3 Å². The summed E-state index contributed by atoms with van der Waals surface area (Å²) in [6.07, 6.45) is -4.83. The molecular formula is C8H16F3NO. The van der Waals surface area contributed by atoms with Crippen LogP contribution < -0.4 is 5.32 Å². The van der Waals surface area contributed by atoms with E-state index in [-0.39, 0.29) is 12.5 Å². The molecule has 5 heteroatoms. The summed E-state index contributed by atoms with van der Waals surface area (Å²) in [6.45, 7) is 3.03. The second-order valence-electron chi connectivity index (χ2n) is 3.13. The van der Waals surface area contributed by atoms with Crippen molar-refractivity contribution in [1.29, 1.82) is 0 Å². The van der Waals surface area contributed by atoms with Crippen molar-refractivity contribution in [3.8, 4) is 0 Å². The lowest BCUT2D eigenvalue weighted by Gasteiger charge is -2.12. The number of hydrogen-bond donors (Lipinski definition) is 1. The Hall–Kier alpha value is -0.290. The van der Waals surface area contributed by atoms with Crippen LogP contribution in [-0.2, 0) is 4.74 Å². The van der Waals surface area contributed by atoms with Crippen LogP contribution in [-0.4, -0.2) is 33.0 Å². The normalized spacial score (nSPS) is 14.5. The van der Waals surface area contributed by atoms with E-state index in [4.69, 9.17) is 4.74 Å². The van der Waals surface area contributed by atoms with Gasteiger partial charge in [0.1, 0.15) is 0 Å². The van der Waals surface area contributed by atoms with Gasteiger partial charge in [-0.3, -0.25) is 0 Å². The lowest BCUT2D eigenvalue weighted by atomic mass is 10.2. The Labute approximate surface area is 76.5 Å². The Morgan fingerprint density at radius 1 is 1.38 bits per heavy atom. The molecule has 0 saturated heterocycles. The first-order chi connectivity index (χ1) is 5.95. The quantitative estimate of drug-likeness (QED) is 0.659. The predicted octanol–water partition coefficient (Wildman–Crippen LogP) is 1.81. The molecule has 0 spiro atoms. The van der Waals surface area contributed by atoms with Gasteiger partial charge in [0.05, 0.1) is 6.42 Å². The van der Waals surface area contributed by atoms with Crippen molar-refractivity contribution in [2.24, 2.45) is 5.92 Å². The summed E-state index contributed by atoms with van der Waals surface area (Å²) in [6, 6.07) is 0. The smallest absolute Gasteiger partial charge is 0.384 e. The van der Waals surface area contributed by atoms with Crippen LogP contribution >= 0.6 is 0 Å². The Bertz CT molecular complexity index is 127. The summed E-state index contributed by atoms with van der Waals surface area (Å²) in [7, 11) is 1.58. The van der Waals surface area contributed by atoms with Gasteiger partial charge in [0.15, 0.2) is 0 Å². The Kier molecular flexibility index (Phi) is 6.07. The predicted molar refractivity (Wildman–Crippen MR) is 44.6 cm³/mol. The maximum atomic E-state index is 11.7. The Morgan fingerprint density at radius 3 is 2.46 bits per heavy atom. The Morgan fingerprint density at radius 2 is 2.00 bits per heavy atom. The fourth-order valence-corrected chi connectivity index (χ4v) is 0.922. The van der Waals surface area contributed by atoms with Crippen molar-refractivity contribution in [3.63, 3.8) is 0 Å². The van der Waals surface area contributed by atoms with Gasteiger partial charge in [0.2, 0.25) is 0 Å². The SMILES string of the molecule is COCC(C)CNCCC(F)(F)F. The molecule has 0 saturated carbocycles. The van der Waals surface area contributed by atoms with Gasteiger partial charge in [-0.1, -0.05) is 6.92 Å². The zero-order chi connectivity index (χ0) is 10.3. The maximum absolute atomic E-state index is 11.7. The number of rotatable bonds is 6. The number of halogens is 3. The van der Waals surface area contributed by atoms with Gasteiger partial charge >= 0.3 is 6.18 Å². The molecule has 2 nitrogen and oxygen atoms in total. The minimum atomic E-state index is -4.06. The summed E-state index contributed by atoms with van der Waals surface area (Å²) >= 11 is 0. The highest BCUT2D eigenvalue weighted by Gasteiger charge is 2.25. The molecule has 0 aromatic rings. The maximum Gasteiger partial charge on any atom is 0.390 e. The molecule has 0 radical (unpaired) electrons.